The number of carbonyl (C=O) groups is 2. The first-order chi connectivity index (χ1) is 8.20. The van der Waals surface area contributed by atoms with E-state index >= 15 is 0 Å². The minimum absolute atomic E-state index is 0.160. The lowest BCUT2D eigenvalue weighted by atomic mass is 10.3. The molecule has 0 aromatic carbocycles. The van der Waals surface area contributed by atoms with Crippen molar-refractivity contribution in [3.05, 3.63) is 0 Å². The third-order valence-corrected chi connectivity index (χ3v) is 3.78. The summed E-state index contributed by atoms with van der Waals surface area (Å²) in [7, 11) is -2.61. The van der Waals surface area contributed by atoms with Crippen molar-refractivity contribution in [2.45, 2.75) is 26.3 Å². The quantitative estimate of drug-likeness (QED) is 0.514. The molecule has 0 aliphatic carbocycles. The minimum atomic E-state index is -3.86. The van der Waals surface area contributed by atoms with Crippen LogP contribution in [0.4, 0.5) is 0 Å². The van der Waals surface area contributed by atoms with Crippen LogP contribution < -0.4 is 10.0 Å². The van der Waals surface area contributed by atoms with Crippen LogP contribution in [0.3, 0.4) is 0 Å². The van der Waals surface area contributed by atoms with Crippen LogP contribution in [0.25, 0.3) is 0 Å². The molecule has 3 N–H and O–H groups in total. The van der Waals surface area contributed by atoms with E-state index < -0.39 is 28.1 Å². The molecule has 0 spiro atoms. The number of hydrogen-bond acceptors (Lipinski definition) is 4. The summed E-state index contributed by atoms with van der Waals surface area (Å²) >= 11 is 0. The number of aliphatic carboxylic acids is 1. The number of carboxylic acids is 1. The van der Waals surface area contributed by atoms with Gasteiger partial charge in [-0.05, 0) is 13.8 Å². The number of nitrogens with one attached hydrogen (secondary N) is 2. The van der Waals surface area contributed by atoms with Crippen LogP contribution >= 0.6 is 0 Å². The molecule has 0 aliphatic rings. The van der Waals surface area contributed by atoms with Crippen LogP contribution in [-0.2, 0) is 19.8 Å². The average Bonchev–Trinajstić information content (AvgIpc) is 2.25. The predicted octanol–water partition coefficient (Wildman–Crippen LogP) is -1.25. The van der Waals surface area contributed by atoms with Crippen molar-refractivity contribution in [1.29, 1.82) is 0 Å². The highest BCUT2D eigenvalue weighted by Crippen LogP contribution is 1.98. The summed E-state index contributed by atoms with van der Waals surface area (Å²) in [6, 6.07) is -0.915. The van der Waals surface area contributed by atoms with Crippen LogP contribution in [0.5, 0.6) is 0 Å². The van der Waals surface area contributed by atoms with Crippen molar-refractivity contribution in [3.63, 3.8) is 0 Å². The summed E-state index contributed by atoms with van der Waals surface area (Å²) in [4.78, 5) is 21.7. The number of amides is 1. The van der Waals surface area contributed by atoms with Gasteiger partial charge in [0.1, 0.15) is 0 Å². The number of likely N-dealkylation sites (N-methyl/N-ethyl adjacent to an activating group) is 1. The van der Waals surface area contributed by atoms with Gasteiger partial charge < -0.3 is 10.4 Å². The highest BCUT2D eigenvalue weighted by Gasteiger charge is 2.23. The second-order valence-corrected chi connectivity index (χ2v) is 5.51. The molecular weight excluding hydrogens is 262 g/mol. The van der Waals surface area contributed by atoms with Crippen molar-refractivity contribution in [3.8, 4) is 0 Å². The Morgan fingerprint density at radius 1 is 1.39 bits per heavy atom. The molecule has 8 nitrogen and oxygen atoms in total. The highest BCUT2D eigenvalue weighted by atomic mass is 32.2. The Balaban J connectivity index is 4.45. The fraction of sp³-hybridized carbons (Fsp3) is 0.778. The fourth-order valence-corrected chi connectivity index (χ4v) is 2.13. The number of hydrogen-bond donors (Lipinski definition) is 3. The van der Waals surface area contributed by atoms with Gasteiger partial charge in [-0.25, -0.2) is 0 Å². The first-order valence-electron chi connectivity index (χ1n) is 5.43. The zero-order valence-corrected chi connectivity index (χ0v) is 11.5. The Labute approximate surface area is 107 Å². The standard InChI is InChI=1S/C9H19N3O5S/c1-4-10-9(15)7(2)11-18(16,17)12(3)6-5-8(13)14/h7,11H,4-6H2,1-3H3,(H,10,15)(H,13,14). The molecule has 0 bridgehead atoms. The monoisotopic (exact) mass is 281 g/mol. The number of carboxylic acid groups (broad SMARTS) is 1. The first kappa shape index (κ1) is 16.8. The molecule has 1 amide bonds. The maximum Gasteiger partial charge on any atom is 0.304 e. The van der Waals surface area contributed by atoms with Gasteiger partial charge in [-0.1, -0.05) is 0 Å². The summed E-state index contributed by atoms with van der Waals surface area (Å²) in [5.41, 5.74) is 0. The van der Waals surface area contributed by atoms with E-state index in [0.717, 1.165) is 4.31 Å². The Morgan fingerprint density at radius 2 is 1.94 bits per heavy atom. The molecule has 0 aromatic heterocycles. The molecule has 0 heterocycles. The van der Waals surface area contributed by atoms with E-state index in [1.165, 1.54) is 14.0 Å². The lowest BCUT2D eigenvalue weighted by Gasteiger charge is -2.20. The third-order valence-electron chi connectivity index (χ3n) is 2.12. The Morgan fingerprint density at radius 3 is 2.39 bits per heavy atom. The molecule has 0 rings (SSSR count). The van der Waals surface area contributed by atoms with E-state index in [-0.39, 0.29) is 13.0 Å². The largest absolute Gasteiger partial charge is 0.481 e. The Hall–Kier alpha value is -1.19. The van der Waals surface area contributed by atoms with Gasteiger partial charge in [-0.3, -0.25) is 9.59 Å². The maximum absolute atomic E-state index is 11.7. The highest BCUT2D eigenvalue weighted by molar-refractivity contribution is 7.87. The predicted molar refractivity (Wildman–Crippen MR) is 65.1 cm³/mol. The Bertz CT molecular complexity index is 395. The van der Waals surface area contributed by atoms with Crippen molar-refractivity contribution >= 4 is 22.1 Å². The van der Waals surface area contributed by atoms with Crippen LogP contribution in [0.2, 0.25) is 0 Å². The zero-order chi connectivity index (χ0) is 14.3. The van der Waals surface area contributed by atoms with Crippen LogP contribution in [-0.4, -0.2) is 55.9 Å². The lowest BCUT2D eigenvalue weighted by molar-refractivity contribution is -0.137. The van der Waals surface area contributed by atoms with E-state index in [1.807, 2.05) is 0 Å². The van der Waals surface area contributed by atoms with Gasteiger partial charge >= 0.3 is 5.97 Å². The van der Waals surface area contributed by atoms with Gasteiger partial charge in [0.05, 0.1) is 12.5 Å². The van der Waals surface area contributed by atoms with Crippen molar-refractivity contribution in [1.82, 2.24) is 14.3 Å². The molecule has 0 saturated carbocycles. The van der Waals surface area contributed by atoms with Crippen molar-refractivity contribution in [2.75, 3.05) is 20.1 Å². The molecule has 18 heavy (non-hydrogen) atoms. The van der Waals surface area contributed by atoms with Gasteiger partial charge in [0, 0.05) is 20.1 Å². The second-order valence-electron chi connectivity index (χ2n) is 3.70. The first-order valence-corrected chi connectivity index (χ1v) is 6.87. The zero-order valence-electron chi connectivity index (χ0n) is 10.6. The number of carbonyl (C=O) groups excluding carboxylic acids is 1. The van der Waals surface area contributed by atoms with E-state index in [0.29, 0.717) is 6.54 Å². The van der Waals surface area contributed by atoms with E-state index in [2.05, 4.69) is 10.0 Å². The van der Waals surface area contributed by atoms with Gasteiger partial charge in [-0.2, -0.15) is 17.4 Å². The fourth-order valence-electron chi connectivity index (χ4n) is 1.07. The molecule has 1 unspecified atom stereocenters. The molecule has 0 saturated heterocycles. The maximum atomic E-state index is 11.7. The van der Waals surface area contributed by atoms with Crippen molar-refractivity contribution < 1.29 is 23.1 Å². The summed E-state index contributed by atoms with van der Waals surface area (Å²) in [6.07, 6.45) is -0.299. The average molecular weight is 281 g/mol. The minimum Gasteiger partial charge on any atom is -0.481 e. The second kappa shape index (κ2) is 7.29. The van der Waals surface area contributed by atoms with E-state index in [1.54, 1.807) is 6.92 Å². The molecule has 0 radical (unpaired) electrons. The topological polar surface area (TPSA) is 116 Å². The van der Waals surface area contributed by atoms with E-state index in [9.17, 15) is 18.0 Å². The molecule has 9 heteroatoms. The Kier molecular flexibility index (Phi) is 6.81. The van der Waals surface area contributed by atoms with E-state index in [4.69, 9.17) is 5.11 Å². The molecular formula is C9H19N3O5S. The molecule has 0 aliphatic heterocycles. The van der Waals surface area contributed by atoms with Gasteiger partial charge in [-0.15, -0.1) is 0 Å². The summed E-state index contributed by atoms with van der Waals surface area (Å²) in [5.74, 6) is -1.53. The van der Waals surface area contributed by atoms with Crippen LogP contribution in [0.1, 0.15) is 20.3 Å². The third kappa shape index (κ3) is 5.94. The van der Waals surface area contributed by atoms with Gasteiger partial charge in [0.15, 0.2) is 0 Å². The number of nitrogens with zero attached hydrogens (tertiary/aromatic N) is 1. The molecule has 1 atom stereocenters. The van der Waals surface area contributed by atoms with Crippen LogP contribution in [0, 0.1) is 0 Å². The lowest BCUT2D eigenvalue weighted by Crippen LogP contribution is -2.49. The van der Waals surface area contributed by atoms with Crippen LogP contribution in [0.15, 0.2) is 0 Å². The summed E-state index contributed by atoms with van der Waals surface area (Å²) in [5, 5.41) is 10.9. The summed E-state index contributed by atoms with van der Waals surface area (Å²) < 4.78 is 26.4. The molecule has 0 aromatic rings. The van der Waals surface area contributed by atoms with Gasteiger partial charge in [0.25, 0.3) is 10.2 Å². The number of rotatable bonds is 8. The molecule has 0 fully saturated rings. The SMILES string of the molecule is CCNC(=O)C(C)NS(=O)(=O)N(C)CCC(=O)O. The van der Waals surface area contributed by atoms with Gasteiger partial charge in [0.2, 0.25) is 5.91 Å². The van der Waals surface area contributed by atoms with Crippen molar-refractivity contribution in [2.24, 2.45) is 0 Å². The molecule has 106 valence electrons. The summed E-state index contributed by atoms with van der Waals surface area (Å²) in [6.45, 7) is 3.37. The normalized spacial score (nSPS) is 13.3. The smallest absolute Gasteiger partial charge is 0.304 e.